The maximum Gasteiger partial charge on any atom is 0.315 e. The van der Waals surface area contributed by atoms with Crippen LogP contribution in [0, 0.1) is 0 Å². The summed E-state index contributed by atoms with van der Waals surface area (Å²) in [7, 11) is 0. The van der Waals surface area contributed by atoms with Gasteiger partial charge in [-0.25, -0.2) is 4.79 Å². The largest absolute Gasteiger partial charge is 0.368 e. The molecule has 3 aliphatic rings. The average Bonchev–Trinajstić information content (AvgIpc) is 3.47. The van der Waals surface area contributed by atoms with Crippen LogP contribution in [0.4, 0.5) is 4.79 Å². The van der Waals surface area contributed by atoms with Crippen LogP contribution in [0.5, 0.6) is 0 Å². The number of hydrogen-bond acceptors (Lipinski definition) is 3. The minimum absolute atomic E-state index is 0.131. The molecule has 5 rings (SSSR count). The van der Waals surface area contributed by atoms with Crippen LogP contribution in [-0.2, 0) is 16.1 Å². The Morgan fingerprint density at radius 1 is 0.935 bits per heavy atom. The average molecular weight is 420 g/mol. The van der Waals surface area contributed by atoms with Crippen LogP contribution in [0.3, 0.4) is 0 Å². The highest BCUT2D eigenvalue weighted by Crippen LogP contribution is 2.39. The van der Waals surface area contributed by atoms with Gasteiger partial charge in [-0.05, 0) is 53.9 Å². The summed E-state index contributed by atoms with van der Waals surface area (Å²) >= 11 is 0. The van der Waals surface area contributed by atoms with Crippen molar-refractivity contribution in [3.05, 3.63) is 70.8 Å². The molecule has 3 heterocycles. The molecule has 0 saturated carbocycles. The molecule has 2 aromatic carbocycles. The summed E-state index contributed by atoms with van der Waals surface area (Å²) in [5, 5.41) is 0. The Labute approximate surface area is 183 Å². The van der Waals surface area contributed by atoms with Crippen molar-refractivity contribution in [3.8, 4) is 0 Å². The number of primary amides is 1. The van der Waals surface area contributed by atoms with Gasteiger partial charge in [0.15, 0.2) is 0 Å². The second-order valence-corrected chi connectivity index (χ2v) is 8.84. The van der Waals surface area contributed by atoms with Crippen molar-refractivity contribution in [2.24, 2.45) is 5.73 Å². The molecule has 3 aliphatic heterocycles. The van der Waals surface area contributed by atoms with Crippen molar-refractivity contribution in [1.29, 1.82) is 0 Å². The highest BCUT2D eigenvalue weighted by molar-refractivity contribution is 5.81. The van der Waals surface area contributed by atoms with Crippen molar-refractivity contribution in [2.45, 2.75) is 50.3 Å². The number of fused-ring (bicyclic) bond motifs is 1. The SMILES string of the molecule is NC(=O)N1Cc2ccccc2C1c1ccc(C2CCN(C(=O)[C@H]3CCCO3)CC2)cc1. The summed E-state index contributed by atoms with van der Waals surface area (Å²) < 4.78 is 5.56. The standard InChI is InChI=1S/C25H29N3O3/c26-25(30)28-16-20-4-1-2-5-21(20)23(28)19-9-7-17(8-10-19)18-11-13-27(14-12-18)24(29)22-6-3-15-31-22/h1-2,4-5,7-10,18,22-23H,3,6,11-16H2,(H2,26,30)/t22-,23?/m1/s1. The number of likely N-dealkylation sites (tertiary alicyclic amines) is 1. The minimum atomic E-state index is -0.395. The van der Waals surface area contributed by atoms with Crippen molar-refractivity contribution in [3.63, 3.8) is 0 Å². The number of benzene rings is 2. The molecule has 0 aliphatic carbocycles. The van der Waals surface area contributed by atoms with Crippen LogP contribution in [-0.4, -0.2) is 47.5 Å². The quantitative estimate of drug-likeness (QED) is 0.827. The number of nitrogens with zero attached hydrogens (tertiary/aromatic N) is 2. The highest BCUT2D eigenvalue weighted by Gasteiger charge is 2.34. The van der Waals surface area contributed by atoms with E-state index in [1.54, 1.807) is 4.90 Å². The van der Waals surface area contributed by atoms with Crippen LogP contribution in [0.1, 0.15) is 59.9 Å². The van der Waals surface area contributed by atoms with Gasteiger partial charge in [0.25, 0.3) is 5.91 Å². The van der Waals surface area contributed by atoms with Crippen molar-refractivity contribution >= 4 is 11.9 Å². The van der Waals surface area contributed by atoms with E-state index in [1.807, 2.05) is 17.0 Å². The summed E-state index contributed by atoms with van der Waals surface area (Å²) in [5.74, 6) is 0.614. The summed E-state index contributed by atoms with van der Waals surface area (Å²) in [5.41, 5.74) is 10.4. The summed E-state index contributed by atoms with van der Waals surface area (Å²) in [4.78, 5) is 28.3. The molecule has 2 atom stereocenters. The monoisotopic (exact) mass is 419 g/mol. The van der Waals surface area contributed by atoms with E-state index >= 15 is 0 Å². The number of rotatable bonds is 3. The van der Waals surface area contributed by atoms with Crippen molar-refractivity contribution < 1.29 is 14.3 Å². The lowest BCUT2D eigenvalue weighted by Gasteiger charge is -2.33. The molecule has 2 N–H and O–H groups in total. The van der Waals surface area contributed by atoms with Crippen LogP contribution in [0.15, 0.2) is 48.5 Å². The van der Waals surface area contributed by atoms with E-state index in [1.165, 1.54) is 5.56 Å². The Morgan fingerprint density at radius 3 is 2.32 bits per heavy atom. The molecule has 6 nitrogen and oxygen atoms in total. The molecule has 0 radical (unpaired) electrons. The Kier molecular flexibility index (Phi) is 5.40. The fourth-order valence-corrected chi connectivity index (χ4v) is 5.31. The van der Waals surface area contributed by atoms with Gasteiger partial charge < -0.3 is 20.3 Å². The molecule has 2 aromatic rings. The van der Waals surface area contributed by atoms with Gasteiger partial charge in [0.1, 0.15) is 6.10 Å². The lowest BCUT2D eigenvalue weighted by Crippen LogP contribution is -2.43. The molecule has 3 amide bonds. The summed E-state index contributed by atoms with van der Waals surface area (Å²) in [6, 6.07) is 16.2. The fourth-order valence-electron chi connectivity index (χ4n) is 5.31. The lowest BCUT2D eigenvalue weighted by atomic mass is 9.87. The minimum Gasteiger partial charge on any atom is -0.368 e. The fraction of sp³-hybridized carbons (Fsp3) is 0.440. The second-order valence-electron chi connectivity index (χ2n) is 8.84. The van der Waals surface area contributed by atoms with Gasteiger partial charge >= 0.3 is 6.03 Å². The zero-order valence-corrected chi connectivity index (χ0v) is 17.7. The molecule has 162 valence electrons. The maximum atomic E-state index is 12.6. The predicted octanol–water partition coefficient (Wildman–Crippen LogP) is 3.56. The number of carbonyl (C=O) groups excluding carboxylic acids is 2. The molecule has 6 heteroatoms. The Morgan fingerprint density at radius 2 is 1.65 bits per heavy atom. The molecule has 31 heavy (non-hydrogen) atoms. The first-order valence-corrected chi connectivity index (χ1v) is 11.3. The van der Waals surface area contributed by atoms with Gasteiger partial charge in [-0.15, -0.1) is 0 Å². The normalized spacial score (nSPS) is 23.7. The van der Waals surface area contributed by atoms with Gasteiger partial charge in [-0.3, -0.25) is 4.79 Å². The first-order valence-electron chi connectivity index (χ1n) is 11.3. The van der Waals surface area contributed by atoms with Crippen molar-refractivity contribution in [1.82, 2.24) is 9.80 Å². The molecule has 0 spiro atoms. The van der Waals surface area contributed by atoms with Crippen LogP contribution >= 0.6 is 0 Å². The number of hydrogen-bond donors (Lipinski definition) is 1. The van der Waals surface area contributed by atoms with Crippen LogP contribution in [0.25, 0.3) is 0 Å². The maximum absolute atomic E-state index is 12.6. The topological polar surface area (TPSA) is 75.9 Å². The Balaban J connectivity index is 1.27. The molecule has 2 fully saturated rings. The smallest absolute Gasteiger partial charge is 0.315 e. The summed E-state index contributed by atoms with van der Waals surface area (Å²) in [6.07, 6.45) is 3.55. The van der Waals surface area contributed by atoms with E-state index in [0.717, 1.165) is 55.5 Å². The number of ether oxygens (including phenoxy) is 1. The van der Waals surface area contributed by atoms with Gasteiger partial charge in [-0.2, -0.15) is 0 Å². The molecule has 2 saturated heterocycles. The van der Waals surface area contributed by atoms with Gasteiger partial charge in [0, 0.05) is 26.2 Å². The van der Waals surface area contributed by atoms with E-state index < -0.39 is 6.03 Å². The number of amides is 3. The van der Waals surface area contributed by atoms with E-state index in [4.69, 9.17) is 10.5 Å². The zero-order valence-electron chi connectivity index (χ0n) is 17.7. The molecular weight excluding hydrogens is 390 g/mol. The number of carbonyl (C=O) groups is 2. The molecule has 0 aromatic heterocycles. The van der Waals surface area contributed by atoms with E-state index in [0.29, 0.717) is 19.1 Å². The van der Waals surface area contributed by atoms with Crippen LogP contribution < -0.4 is 5.73 Å². The molecule has 1 unspecified atom stereocenters. The summed E-state index contributed by atoms with van der Waals surface area (Å²) in [6.45, 7) is 2.83. The Hall–Kier alpha value is -2.86. The van der Waals surface area contributed by atoms with Gasteiger partial charge in [0.2, 0.25) is 0 Å². The molecule has 0 bridgehead atoms. The first-order chi connectivity index (χ1) is 15.1. The highest BCUT2D eigenvalue weighted by atomic mass is 16.5. The second kappa shape index (κ2) is 8.35. The number of urea groups is 1. The number of piperidine rings is 1. The lowest BCUT2D eigenvalue weighted by molar-refractivity contribution is -0.142. The van der Waals surface area contributed by atoms with Gasteiger partial charge in [-0.1, -0.05) is 48.5 Å². The Bertz CT molecular complexity index is 960. The number of nitrogens with two attached hydrogens (primary N) is 1. The van der Waals surface area contributed by atoms with Crippen molar-refractivity contribution in [2.75, 3.05) is 19.7 Å². The van der Waals surface area contributed by atoms with Crippen LogP contribution in [0.2, 0.25) is 0 Å². The molecular formula is C25H29N3O3. The third kappa shape index (κ3) is 3.81. The third-order valence-corrected chi connectivity index (χ3v) is 7.02. The van der Waals surface area contributed by atoms with E-state index in [-0.39, 0.29) is 18.1 Å². The predicted molar refractivity (Wildman–Crippen MR) is 117 cm³/mol. The first kappa shape index (κ1) is 20.1. The van der Waals surface area contributed by atoms with E-state index in [2.05, 4.69) is 36.4 Å². The third-order valence-electron chi connectivity index (χ3n) is 7.02. The zero-order chi connectivity index (χ0) is 21.4. The van der Waals surface area contributed by atoms with Gasteiger partial charge in [0.05, 0.1) is 6.04 Å². The van der Waals surface area contributed by atoms with E-state index in [9.17, 15) is 9.59 Å².